The molecule has 0 atom stereocenters. The van der Waals surface area contributed by atoms with Gasteiger partial charge < -0.3 is 4.74 Å². The lowest BCUT2D eigenvalue weighted by atomic mass is 9.97. The number of para-hydroxylation sites is 1. The molecular formula is C30H28N2O2. The number of ether oxygens (including phenoxy) is 1. The van der Waals surface area contributed by atoms with Crippen molar-refractivity contribution in [3.63, 3.8) is 0 Å². The van der Waals surface area contributed by atoms with Crippen LogP contribution in [0.3, 0.4) is 0 Å². The van der Waals surface area contributed by atoms with E-state index in [1.54, 1.807) is 4.68 Å². The molecule has 34 heavy (non-hydrogen) atoms. The van der Waals surface area contributed by atoms with Crippen LogP contribution in [0, 0.1) is 12.8 Å². The summed E-state index contributed by atoms with van der Waals surface area (Å²) in [4.78, 5) is 13.6. The maximum absolute atomic E-state index is 13.6. The molecule has 0 saturated heterocycles. The van der Waals surface area contributed by atoms with E-state index in [1.165, 1.54) is 12.8 Å². The Kier molecular flexibility index (Phi) is 6.39. The molecule has 5 rings (SSSR count). The fourth-order valence-electron chi connectivity index (χ4n) is 4.16. The lowest BCUT2D eigenvalue weighted by molar-refractivity contribution is 0.307. The fourth-order valence-corrected chi connectivity index (χ4v) is 4.16. The van der Waals surface area contributed by atoms with Crippen molar-refractivity contribution in [2.75, 3.05) is 0 Å². The Labute approximate surface area is 200 Å². The molecule has 1 aliphatic carbocycles. The molecule has 0 aliphatic heterocycles. The van der Waals surface area contributed by atoms with Gasteiger partial charge in [-0.2, -0.15) is 5.10 Å². The van der Waals surface area contributed by atoms with E-state index in [9.17, 15) is 4.79 Å². The van der Waals surface area contributed by atoms with Crippen molar-refractivity contribution in [1.82, 2.24) is 9.78 Å². The summed E-state index contributed by atoms with van der Waals surface area (Å²) in [5.41, 5.74) is 5.26. The zero-order valence-corrected chi connectivity index (χ0v) is 19.4. The van der Waals surface area contributed by atoms with Gasteiger partial charge in [-0.1, -0.05) is 84.9 Å². The molecule has 1 aromatic heterocycles. The van der Waals surface area contributed by atoms with Gasteiger partial charge >= 0.3 is 0 Å². The molecule has 0 radical (unpaired) electrons. The van der Waals surface area contributed by atoms with E-state index >= 15 is 0 Å². The van der Waals surface area contributed by atoms with Crippen molar-refractivity contribution in [3.05, 3.63) is 118 Å². The number of aromatic nitrogens is 2. The topological polar surface area (TPSA) is 44.1 Å². The van der Waals surface area contributed by atoms with E-state index in [4.69, 9.17) is 9.84 Å². The molecule has 1 aliphatic rings. The predicted molar refractivity (Wildman–Crippen MR) is 138 cm³/mol. The second-order valence-electron chi connectivity index (χ2n) is 8.82. The van der Waals surface area contributed by atoms with E-state index in [-0.39, 0.29) is 5.56 Å². The molecule has 1 fully saturated rings. The SMILES string of the molecule is Cc1nn(CC2CC2)c(=O)c(C=Cc2ccccc2)c1-c1ccccc1OCc1ccccc1. The highest BCUT2D eigenvalue weighted by Gasteiger charge is 2.25. The highest BCUT2D eigenvalue weighted by atomic mass is 16.5. The standard InChI is InChI=1S/C30H28N2O2/c1-22-29(26-14-8-9-15-28(26)34-21-25-12-6-3-7-13-25)27(19-18-23-10-4-2-5-11-23)30(33)32(31-22)20-24-16-17-24/h2-15,18-19,24H,16-17,20-21H2,1H3. The quantitative estimate of drug-likeness (QED) is 0.314. The zero-order chi connectivity index (χ0) is 23.3. The molecular weight excluding hydrogens is 420 g/mol. The molecule has 1 saturated carbocycles. The molecule has 0 bridgehead atoms. The van der Waals surface area contributed by atoms with Crippen LogP contribution >= 0.6 is 0 Å². The molecule has 0 spiro atoms. The van der Waals surface area contributed by atoms with Gasteiger partial charge in [-0.05, 0) is 49.0 Å². The Hall–Kier alpha value is -3.92. The zero-order valence-electron chi connectivity index (χ0n) is 19.4. The Morgan fingerprint density at radius 2 is 1.59 bits per heavy atom. The van der Waals surface area contributed by atoms with Gasteiger partial charge in [-0.3, -0.25) is 4.79 Å². The van der Waals surface area contributed by atoms with Crippen molar-refractivity contribution in [2.24, 2.45) is 5.92 Å². The molecule has 1 heterocycles. The summed E-state index contributed by atoms with van der Waals surface area (Å²) in [5.74, 6) is 1.30. The van der Waals surface area contributed by atoms with Crippen molar-refractivity contribution >= 4 is 12.2 Å². The summed E-state index contributed by atoms with van der Waals surface area (Å²) in [7, 11) is 0. The van der Waals surface area contributed by atoms with Crippen molar-refractivity contribution in [2.45, 2.75) is 32.9 Å². The lowest BCUT2D eigenvalue weighted by Gasteiger charge is -2.17. The maximum atomic E-state index is 13.6. The highest BCUT2D eigenvalue weighted by Crippen LogP contribution is 2.35. The Bertz CT molecular complexity index is 1350. The summed E-state index contributed by atoms with van der Waals surface area (Å²) in [6.07, 6.45) is 6.26. The first-order chi connectivity index (χ1) is 16.7. The fraction of sp³-hybridized carbons (Fsp3) is 0.200. The molecule has 4 nitrogen and oxygen atoms in total. The van der Waals surface area contributed by atoms with Crippen molar-refractivity contribution in [1.29, 1.82) is 0 Å². The number of hydrogen-bond donors (Lipinski definition) is 0. The third-order valence-corrected chi connectivity index (χ3v) is 6.13. The van der Waals surface area contributed by atoms with E-state index in [1.807, 2.05) is 104 Å². The second kappa shape index (κ2) is 9.92. The first-order valence-electron chi connectivity index (χ1n) is 11.8. The van der Waals surface area contributed by atoms with E-state index in [2.05, 4.69) is 0 Å². The summed E-state index contributed by atoms with van der Waals surface area (Å²) in [6.45, 7) is 3.11. The Morgan fingerprint density at radius 3 is 2.32 bits per heavy atom. The van der Waals surface area contributed by atoms with Crippen molar-refractivity contribution in [3.8, 4) is 16.9 Å². The summed E-state index contributed by atoms with van der Waals surface area (Å²) < 4.78 is 7.88. The first-order valence-corrected chi connectivity index (χ1v) is 11.8. The van der Waals surface area contributed by atoms with Crippen molar-refractivity contribution < 1.29 is 4.74 Å². The minimum atomic E-state index is -0.0578. The van der Waals surface area contributed by atoms with Gasteiger partial charge in [0, 0.05) is 17.7 Å². The smallest absolute Gasteiger partial charge is 0.274 e. The van der Waals surface area contributed by atoms with Gasteiger partial charge in [-0.15, -0.1) is 0 Å². The average Bonchev–Trinajstić information content (AvgIpc) is 3.69. The highest BCUT2D eigenvalue weighted by molar-refractivity contribution is 5.84. The Morgan fingerprint density at radius 1 is 0.912 bits per heavy atom. The molecule has 3 aromatic carbocycles. The number of rotatable bonds is 8. The normalized spacial score (nSPS) is 13.3. The Balaban J connectivity index is 1.59. The summed E-state index contributed by atoms with van der Waals surface area (Å²) in [6, 6.07) is 28.0. The summed E-state index contributed by atoms with van der Waals surface area (Å²) >= 11 is 0. The van der Waals surface area contributed by atoms with Gasteiger partial charge in [-0.25, -0.2) is 4.68 Å². The van der Waals surface area contributed by atoms with Gasteiger partial charge in [0.1, 0.15) is 12.4 Å². The number of aryl methyl sites for hydroxylation is 1. The van der Waals surface area contributed by atoms with Gasteiger partial charge in [0.2, 0.25) is 0 Å². The lowest BCUT2D eigenvalue weighted by Crippen LogP contribution is -2.27. The first kappa shape index (κ1) is 21.9. The van der Waals surface area contributed by atoms with Crippen LogP contribution in [0.4, 0.5) is 0 Å². The molecule has 0 amide bonds. The van der Waals surface area contributed by atoms with Gasteiger partial charge in [0.15, 0.2) is 0 Å². The predicted octanol–water partition coefficient (Wildman–Crippen LogP) is 6.38. The number of benzene rings is 3. The van der Waals surface area contributed by atoms with Crippen LogP contribution < -0.4 is 10.3 Å². The van der Waals surface area contributed by atoms with Crippen LogP contribution in [-0.4, -0.2) is 9.78 Å². The van der Waals surface area contributed by atoms with Crippen LogP contribution in [-0.2, 0) is 13.2 Å². The second-order valence-corrected chi connectivity index (χ2v) is 8.82. The van der Waals surface area contributed by atoms with Crippen LogP contribution in [0.5, 0.6) is 5.75 Å². The van der Waals surface area contributed by atoms with Crippen LogP contribution in [0.25, 0.3) is 23.3 Å². The monoisotopic (exact) mass is 448 g/mol. The van der Waals surface area contributed by atoms with Gasteiger partial charge in [0.25, 0.3) is 5.56 Å². The number of nitrogens with zero attached hydrogens (tertiary/aromatic N) is 2. The molecule has 170 valence electrons. The molecule has 4 heteroatoms. The van der Waals surface area contributed by atoms with Gasteiger partial charge in [0.05, 0.1) is 11.3 Å². The van der Waals surface area contributed by atoms with E-state index in [0.717, 1.165) is 33.7 Å². The molecule has 0 unspecified atom stereocenters. The maximum Gasteiger partial charge on any atom is 0.274 e. The molecule has 0 N–H and O–H groups in total. The summed E-state index contributed by atoms with van der Waals surface area (Å²) in [5, 5.41) is 4.72. The third kappa shape index (κ3) is 5.01. The molecule has 4 aromatic rings. The van der Waals surface area contributed by atoms with Crippen LogP contribution in [0.2, 0.25) is 0 Å². The third-order valence-electron chi connectivity index (χ3n) is 6.13. The minimum Gasteiger partial charge on any atom is -0.488 e. The van der Waals surface area contributed by atoms with Crippen LogP contribution in [0.15, 0.2) is 89.7 Å². The van der Waals surface area contributed by atoms with Crippen LogP contribution in [0.1, 0.15) is 35.2 Å². The number of hydrogen-bond acceptors (Lipinski definition) is 3. The minimum absolute atomic E-state index is 0.0578. The van der Waals surface area contributed by atoms with E-state index < -0.39 is 0 Å². The largest absolute Gasteiger partial charge is 0.488 e. The average molecular weight is 449 g/mol. The van der Waals surface area contributed by atoms with E-state index in [0.29, 0.717) is 24.6 Å².